The highest BCUT2D eigenvalue weighted by Crippen LogP contribution is 2.32. The van der Waals surface area contributed by atoms with Gasteiger partial charge in [0, 0.05) is 0 Å². The third kappa shape index (κ3) is 2.75. The summed E-state index contributed by atoms with van der Waals surface area (Å²) >= 11 is 11.8. The SMILES string of the molecule is O=C(O)c1cnn2c(C(F)F)cc(-c3ccc(Cl)c(Cl)c3)cc12. The summed E-state index contributed by atoms with van der Waals surface area (Å²) in [7, 11) is 0. The number of pyridine rings is 1. The molecule has 0 spiro atoms. The first kappa shape index (κ1) is 15.7. The van der Waals surface area contributed by atoms with Crippen molar-refractivity contribution in [2.45, 2.75) is 6.43 Å². The molecule has 3 aromatic rings. The molecule has 0 aliphatic heterocycles. The summed E-state index contributed by atoms with van der Waals surface area (Å²) in [5.74, 6) is -1.24. The van der Waals surface area contributed by atoms with Crippen LogP contribution < -0.4 is 0 Å². The van der Waals surface area contributed by atoms with E-state index >= 15 is 0 Å². The molecule has 23 heavy (non-hydrogen) atoms. The van der Waals surface area contributed by atoms with Crippen LogP contribution in [-0.2, 0) is 0 Å². The summed E-state index contributed by atoms with van der Waals surface area (Å²) in [5, 5.41) is 13.5. The quantitative estimate of drug-likeness (QED) is 0.722. The number of aromatic nitrogens is 2. The molecule has 2 aromatic heterocycles. The van der Waals surface area contributed by atoms with Gasteiger partial charge in [0.2, 0.25) is 0 Å². The molecular weight excluding hydrogens is 349 g/mol. The molecule has 3 rings (SSSR count). The fraction of sp³-hybridized carbons (Fsp3) is 0.0667. The van der Waals surface area contributed by atoms with Crippen molar-refractivity contribution in [2.24, 2.45) is 0 Å². The fourth-order valence-electron chi connectivity index (χ4n) is 2.27. The van der Waals surface area contributed by atoms with E-state index in [4.69, 9.17) is 28.3 Å². The summed E-state index contributed by atoms with van der Waals surface area (Å²) in [4.78, 5) is 11.2. The molecule has 118 valence electrons. The third-order valence-corrected chi connectivity index (χ3v) is 4.09. The number of halogens is 4. The Kier molecular flexibility index (Phi) is 3.95. The van der Waals surface area contributed by atoms with Gasteiger partial charge in [-0.1, -0.05) is 29.3 Å². The van der Waals surface area contributed by atoms with Gasteiger partial charge < -0.3 is 5.11 Å². The average molecular weight is 357 g/mol. The Bertz CT molecular complexity index is 925. The molecule has 0 unspecified atom stereocenters. The maximum Gasteiger partial charge on any atom is 0.339 e. The van der Waals surface area contributed by atoms with Crippen molar-refractivity contribution in [1.29, 1.82) is 0 Å². The second-order valence-corrected chi connectivity index (χ2v) is 5.57. The number of nitrogens with zero attached hydrogens (tertiary/aromatic N) is 2. The average Bonchev–Trinajstić information content (AvgIpc) is 2.92. The number of carbonyl (C=O) groups is 1. The molecule has 0 radical (unpaired) electrons. The maximum absolute atomic E-state index is 13.3. The van der Waals surface area contributed by atoms with Crippen molar-refractivity contribution in [3.63, 3.8) is 0 Å². The zero-order chi connectivity index (χ0) is 16.7. The van der Waals surface area contributed by atoms with Crippen LogP contribution in [0.25, 0.3) is 16.6 Å². The van der Waals surface area contributed by atoms with E-state index in [2.05, 4.69) is 5.10 Å². The van der Waals surface area contributed by atoms with E-state index in [1.807, 2.05) is 0 Å². The Morgan fingerprint density at radius 3 is 2.48 bits per heavy atom. The van der Waals surface area contributed by atoms with Crippen LogP contribution in [0.15, 0.2) is 36.5 Å². The number of carboxylic acids is 1. The lowest BCUT2D eigenvalue weighted by Crippen LogP contribution is -2.01. The first-order valence-electron chi connectivity index (χ1n) is 6.37. The van der Waals surface area contributed by atoms with Crippen molar-refractivity contribution in [2.75, 3.05) is 0 Å². The predicted molar refractivity (Wildman–Crippen MR) is 82.6 cm³/mol. The van der Waals surface area contributed by atoms with Crippen molar-refractivity contribution in [3.05, 3.63) is 57.8 Å². The van der Waals surface area contributed by atoms with E-state index in [1.54, 1.807) is 12.1 Å². The van der Waals surface area contributed by atoms with Crippen LogP contribution >= 0.6 is 23.2 Å². The number of benzene rings is 1. The standard InChI is InChI=1S/C15H8Cl2F2N2O2/c16-10-2-1-7(3-11(10)17)8-4-12-9(15(22)23)6-20-21(12)13(5-8)14(18)19/h1-6,14H,(H,22,23). The zero-order valence-corrected chi connectivity index (χ0v) is 12.8. The Labute approximate surface area is 138 Å². The van der Waals surface area contributed by atoms with Crippen LogP contribution in [0.2, 0.25) is 10.0 Å². The molecule has 0 fully saturated rings. The van der Waals surface area contributed by atoms with Gasteiger partial charge in [-0.25, -0.2) is 18.1 Å². The Morgan fingerprint density at radius 2 is 1.87 bits per heavy atom. The number of aromatic carboxylic acids is 1. The van der Waals surface area contributed by atoms with Gasteiger partial charge in [-0.2, -0.15) is 5.10 Å². The van der Waals surface area contributed by atoms with Gasteiger partial charge in [-0.15, -0.1) is 0 Å². The molecule has 0 saturated carbocycles. The highest BCUT2D eigenvalue weighted by atomic mass is 35.5. The minimum Gasteiger partial charge on any atom is -0.478 e. The molecule has 0 aliphatic carbocycles. The van der Waals surface area contributed by atoms with Gasteiger partial charge >= 0.3 is 5.97 Å². The van der Waals surface area contributed by atoms with Crippen LogP contribution in [0.3, 0.4) is 0 Å². The lowest BCUT2D eigenvalue weighted by molar-refractivity contribution is 0.0699. The molecule has 0 aliphatic rings. The third-order valence-electron chi connectivity index (χ3n) is 3.35. The molecule has 8 heteroatoms. The molecule has 0 amide bonds. The molecule has 2 heterocycles. The number of fused-ring (bicyclic) bond motifs is 1. The van der Waals surface area contributed by atoms with Crippen LogP contribution in [0.4, 0.5) is 8.78 Å². The zero-order valence-electron chi connectivity index (χ0n) is 11.3. The Morgan fingerprint density at radius 1 is 1.13 bits per heavy atom. The number of carboxylic acid groups (broad SMARTS) is 1. The van der Waals surface area contributed by atoms with E-state index in [0.717, 1.165) is 10.7 Å². The Hall–Kier alpha value is -2.18. The van der Waals surface area contributed by atoms with Crippen molar-refractivity contribution in [3.8, 4) is 11.1 Å². The molecule has 4 nitrogen and oxygen atoms in total. The normalized spacial score (nSPS) is 11.3. The molecular formula is C15H8Cl2F2N2O2. The molecule has 1 N–H and O–H groups in total. The van der Waals surface area contributed by atoms with Gasteiger partial charge in [0.1, 0.15) is 11.3 Å². The van der Waals surface area contributed by atoms with E-state index in [-0.39, 0.29) is 16.1 Å². The summed E-state index contributed by atoms with van der Waals surface area (Å²) in [6.07, 6.45) is -1.77. The lowest BCUT2D eigenvalue weighted by atomic mass is 10.0. The van der Waals surface area contributed by atoms with Gasteiger partial charge in [-0.3, -0.25) is 0 Å². The number of rotatable bonds is 3. The molecule has 0 saturated heterocycles. The number of hydrogen-bond acceptors (Lipinski definition) is 2. The molecule has 0 bridgehead atoms. The molecule has 1 aromatic carbocycles. The first-order valence-corrected chi connectivity index (χ1v) is 7.12. The highest BCUT2D eigenvalue weighted by Gasteiger charge is 2.20. The van der Waals surface area contributed by atoms with Gasteiger partial charge in [0.15, 0.2) is 0 Å². The summed E-state index contributed by atoms with van der Waals surface area (Å²) in [6.45, 7) is 0. The van der Waals surface area contributed by atoms with Crippen LogP contribution in [0, 0.1) is 0 Å². The van der Waals surface area contributed by atoms with Crippen LogP contribution in [0.1, 0.15) is 22.5 Å². The van der Waals surface area contributed by atoms with Crippen molar-refractivity contribution in [1.82, 2.24) is 9.61 Å². The number of hydrogen-bond donors (Lipinski definition) is 1. The van der Waals surface area contributed by atoms with Crippen LogP contribution in [0.5, 0.6) is 0 Å². The second-order valence-electron chi connectivity index (χ2n) is 4.76. The smallest absolute Gasteiger partial charge is 0.339 e. The Balaban J connectivity index is 2.30. The summed E-state index contributed by atoms with van der Waals surface area (Å²) < 4.78 is 27.5. The highest BCUT2D eigenvalue weighted by molar-refractivity contribution is 6.42. The second kappa shape index (κ2) is 5.79. The summed E-state index contributed by atoms with van der Waals surface area (Å²) in [6, 6.07) is 7.41. The summed E-state index contributed by atoms with van der Waals surface area (Å²) in [5.41, 5.74) is 0.456. The first-order chi connectivity index (χ1) is 10.9. The predicted octanol–water partition coefficient (Wildman–Crippen LogP) is 4.94. The molecule has 0 atom stereocenters. The van der Waals surface area contributed by atoms with E-state index in [0.29, 0.717) is 16.1 Å². The minimum absolute atomic E-state index is 0.0800. The monoisotopic (exact) mass is 356 g/mol. The fourth-order valence-corrected chi connectivity index (χ4v) is 2.57. The largest absolute Gasteiger partial charge is 0.478 e. The van der Waals surface area contributed by atoms with E-state index in [9.17, 15) is 13.6 Å². The number of alkyl halides is 2. The van der Waals surface area contributed by atoms with Crippen molar-refractivity contribution < 1.29 is 18.7 Å². The van der Waals surface area contributed by atoms with Gasteiger partial charge in [0.25, 0.3) is 6.43 Å². The van der Waals surface area contributed by atoms with Gasteiger partial charge in [0.05, 0.1) is 21.8 Å². The van der Waals surface area contributed by atoms with E-state index < -0.39 is 18.1 Å². The lowest BCUT2D eigenvalue weighted by Gasteiger charge is -2.09. The minimum atomic E-state index is -2.82. The van der Waals surface area contributed by atoms with Gasteiger partial charge in [-0.05, 0) is 35.4 Å². The maximum atomic E-state index is 13.3. The topological polar surface area (TPSA) is 54.6 Å². The van der Waals surface area contributed by atoms with Crippen LogP contribution in [-0.4, -0.2) is 20.7 Å². The van der Waals surface area contributed by atoms with Crippen molar-refractivity contribution >= 4 is 34.7 Å². The van der Waals surface area contributed by atoms with E-state index in [1.165, 1.54) is 18.2 Å².